The van der Waals surface area contributed by atoms with Crippen LogP contribution in [0.4, 0.5) is 0 Å². The van der Waals surface area contributed by atoms with Crippen LogP contribution in [-0.2, 0) is 0 Å². The van der Waals surface area contributed by atoms with Gasteiger partial charge in [0.2, 0.25) is 0 Å². The molecule has 0 aliphatic carbocycles. The molecule has 0 heterocycles. The summed E-state index contributed by atoms with van der Waals surface area (Å²) < 4.78 is 0. The van der Waals surface area contributed by atoms with Crippen molar-refractivity contribution in [2.75, 3.05) is 0 Å². The molecule has 65 valence electrons. The lowest BCUT2D eigenvalue weighted by molar-refractivity contribution is 0.0353. The highest BCUT2D eigenvalue weighted by atomic mass is 16.3. The van der Waals surface area contributed by atoms with Gasteiger partial charge in [-0.2, -0.15) is 0 Å². The number of aliphatic hydroxyl groups is 1. The summed E-state index contributed by atoms with van der Waals surface area (Å²) in [5.41, 5.74) is -0.480. The van der Waals surface area contributed by atoms with Gasteiger partial charge in [-0.25, -0.2) is 0 Å². The van der Waals surface area contributed by atoms with Crippen molar-refractivity contribution in [2.45, 2.75) is 45.1 Å². The van der Waals surface area contributed by atoms with Gasteiger partial charge in [-0.05, 0) is 32.6 Å². The first-order chi connectivity index (χ1) is 5.18. The van der Waals surface area contributed by atoms with Crippen molar-refractivity contribution in [3.05, 3.63) is 19.1 Å². The van der Waals surface area contributed by atoms with E-state index in [0.29, 0.717) is 0 Å². The molecule has 0 fully saturated rings. The van der Waals surface area contributed by atoms with Crippen LogP contribution in [0.2, 0.25) is 0 Å². The molecule has 0 bridgehead atoms. The molecule has 11 heavy (non-hydrogen) atoms. The molecule has 0 aromatic rings. The smallest absolute Gasteiger partial charge is 0.0676 e. The SMILES string of the molecule is [CH2]CC=CCC(O)(CC)CC. The molecule has 0 unspecified atom stereocenters. The van der Waals surface area contributed by atoms with Gasteiger partial charge in [-0.1, -0.05) is 26.0 Å². The Bertz CT molecular complexity index is 112. The standard InChI is InChI=1S/C10H19O/c1-4-7-8-9-10(11,5-2)6-3/h7-8,11H,1,4-6,9H2,2-3H3. The molecular weight excluding hydrogens is 136 g/mol. The van der Waals surface area contributed by atoms with E-state index in [2.05, 4.69) is 6.92 Å². The molecule has 1 radical (unpaired) electrons. The lowest BCUT2D eigenvalue weighted by Gasteiger charge is -2.23. The van der Waals surface area contributed by atoms with Gasteiger partial charge in [-0.3, -0.25) is 0 Å². The van der Waals surface area contributed by atoms with Gasteiger partial charge in [0.05, 0.1) is 5.60 Å². The van der Waals surface area contributed by atoms with Crippen molar-refractivity contribution >= 4 is 0 Å². The molecule has 0 aliphatic heterocycles. The summed E-state index contributed by atoms with van der Waals surface area (Å²) in [5, 5.41) is 9.78. The van der Waals surface area contributed by atoms with Crippen molar-refractivity contribution < 1.29 is 5.11 Å². The lowest BCUT2D eigenvalue weighted by Crippen LogP contribution is -2.25. The zero-order valence-corrected chi connectivity index (χ0v) is 7.64. The van der Waals surface area contributed by atoms with Gasteiger partial charge < -0.3 is 5.11 Å². The van der Waals surface area contributed by atoms with Crippen molar-refractivity contribution in [1.29, 1.82) is 0 Å². The third-order valence-electron chi connectivity index (χ3n) is 2.15. The topological polar surface area (TPSA) is 20.2 Å². The molecule has 0 atom stereocenters. The van der Waals surface area contributed by atoms with Crippen LogP contribution in [0.5, 0.6) is 0 Å². The van der Waals surface area contributed by atoms with Crippen molar-refractivity contribution in [3.8, 4) is 0 Å². The number of rotatable bonds is 5. The molecule has 0 rings (SSSR count). The van der Waals surface area contributed by atoms with E-state index in [4.69, 9.17) is 0 Å². The zero-order chi connectivity index (χ0) is 8.74. The van der Waals surface area contributed by atoms with Crippen molar-refractivity contribution in [1.82, 2.24) is 0 Å². The molecule has 0 saturated carbocycles. The Balaban J connectivity index is 3.77. The zero-order valence-electron chi connectivity index (χ0n) is 7.64. The maximum absolute atomic E-state index is 9.78. The van der Waals surface area contributed by atoms with E-state index >= 15 is 0 Å². The summed E-state index contributed by atoms with van der Waals surface area (Å²) in [4.78, 5) is 0. The largest absolute Gasteiger partial charge is 0.390 e. The fourth-order valence-corrected chi connectivity index (χ4v) is 0.959. The molecule has 1 N–H and O–H groups in total. The molecule has 0 aliphatic rings. The quantitative estimate of drug-likeness (QED) is 0.605. The van der Waals surface area contributed by atoms with Crippen molar-refractivity contribution in [3.63, 3.8) is 0 Å². The fraction of sp³-hybridized carbons (Fsp3) is 0.700. The van der Waals surface area contributed by atoms with E-state index in [0.717, 1.165) is 25.7 Å². The van der Waals surface area contributed by atoms with Gasteiger partial charge in [0.25, 0.3) is 0 Å². The van der Waals surface area contributed by atoms with E-state index < -0.39 is 5.60 Å². The number of hydrogen-bond donors (Lipinski definition) is 1. The van der Waals surface area contributed by atoms with Crippen LogP contribution >= 0.6 is 0 Å². The first-order valence-electron chi connectivity index (χ1n) is 4.35. The van der Waals surface area contributed by atoms with E-state index in [1.54, 1.807) is 0 Å². The van der Waals surface area contributed by atoms with E-state index in [9.17, 15) is 5.11 Å². The van der Waals surface area contributed by atoms with Gasteiger partial charge >= 0.3 is 0 Å². The summed E-state index contributed by atoms with van der Waals surface area (Å²) >= 11 is 0. The molecule has 1 heteroatoms. The second-order valence-corrected chi connectivity index (χ2v) is 2.90. The minimum Gasteiger partial charge on any atom is -0.390 e. The van der Waals surface area contributed by atoms with Crippen LogP contribution in [0.1, 0.15) is 39.5 Å². The van der Waals surface area contributed by atoms with Crippen LogP contribution in [0.3, 0.4) is 0 Å². The maximum Gasteiger partial charge on any atom is 0.0676 e. The minimum absolute atomic E-state index is 0.480. The first-order valence-corrected chi connectivity index (χ1v) is 4.35. The highest BCUT2D eigenvalue weighted by molar-refractivity contribution is 4.90. The predicted molar refractivity (Wildman–Crippen MR) is 49.3 cm³/mol. The number of allylic oxidation sites excluding steroid dienone is 1. The molecule has 0 aromatic carbocycles. The monoisotopic (exact) mass is 155 g/mol. The van der Waals surface area contributed by atoms with Gasteiger partial charge in [0.1, 0.15) is 0 Å². The minimum atomic E-state index is -0.480. The predicted octanol–water partition coefficient (Wildman–Crippen LogP) is 2.71. The van der Waals surface area contributed by atoms with Crippen LogP contribution in [0, 0.1) is 6.92 Å². The summed E-state index contributed by atoms with van der Waals surface area (Å²) in [5.74, 6) is 0. The first kappa shape index (κ1) is 10.7. The van der Waals surface area contributed by atoms with Crippen LogP contribution in [0.25, 0.3) is 0 Å². The summed E-state index contributed by atoms with van der Waals surface area (Å²) in [6, 6.07) is 0. The Labute approximate surface area is 70.1 Å². The molecule has 1 nitrogen and oxygen atoms in total. The van der Waals surface area contributed by atoms with Crippen molar-refractivity contribution in [2.24, 2.45) is 0 Å². The Morgan fingerprint density at radius 1 is 1.27 bits per heavy atom. The third kappa shape index (κ3) is 4.20. The second kappa shape index (κ2) is 5.36. The molecule has 0 spiro atoms. The Kier molecular flexibility index (Phi) is 5.22. The number of hydrogen-bond acceptors (Lipinski definition) is 1. The highest BCUT2D eigenvalue weighted by Crippen LogP contribution is 2.19. The van der Waals surface area contributed by atoms with Crippen LogP contribution in [-0.4, -0.2) is 10.7 Å². The van der Waals surface area contributed by atoms with Gasteiger partial charge in [-0.15, -0.1) is 0 Å². The highest BCUT2D eigenvalue weighted by Gasteiger charge is 2.19. The van der Waals surface area contributed by atoms with Crippen LogP contribution in [0.15, 0.2) is 12.2 Å². The molecular formula is C10H19O. The third-order valence-corrected chi connectivity index (χ3v) is 2.15. The summed E-state index contributed by atoms with van der Waals surface area (Å²) in [7, 11) is 0. The Morgan fingerprint density at radius 2 is 1.82 bits per heavy atom. The second-order valence-electron chi connectivity index (χ2n) is 2.90. The summed E-state index contributed by atoms with van der Waals surface area (Å²) in [6.45, 7) is 7.72. The average molecular weight is 155 g/mol. The molecule has 0 saturated heterocycles. The normalized spacial score (nSPS) is 12.7. The Hall–Kier alpha value is -0.300. The molecule has 0 amide bonds. The lowest BCUT2D eigenvalue weighted by atomic mass is 9.93. The Morgan fingerprint density at radius 3 is 2.18 bits per heavy atom. The molecule has 0 aromatic heterocycles. The van der Waals surface area contributed by atoms with Gasteiger partial charge in [0, 0.05) is 0 Å². The van der Waals surface area contributed by atoms with Crippen LogP contribution < -0.4 is 0 Å². The van der Waals surface area contributed by atoms with E-state index in [1.807, 2.05) is 26.0 Å². The average Bonchev–Trinajstić information content (AvgIpc) is 2.05. The summed E-state index contributed by atoms with van der Waals surface area (Å²) in [6.07, 6.45) is 7.23. The maximum atomic E-state index is 9.78. The van der Waals surface area contributed by atoms with E-state index in [1.165, 1.54) is 0 Å². The fourth-order valence-electron chi connectivity index (χ4n) is 0.959. The van der Waals surface area contributed by atoms with E-state index in [-0.39, 0.29) is 0 Å². The van der Waals surface area contributed by atoms with Gasteiger partial charge in [0.15, 0.2) is 0 Å².